The molecule has 0 bridgehead atoms. The number of thiocyanates is 1. The van der Waals surface area contributed by atoms with Crippen LogP contribution >= 0.6 is 11.8 Å². The Hall–Kier alpha value is -3.19. The maximum Gasteiger partial charge on any atom is 0.573 e. The SMILES string of the molecule is N#CSc1c(F)cc(-c2ccc(-c3cc(F)c(OC(F)(F)F)c(F)c3)cc2)cc1F. The van der Waals surface area contributed by atoms with Gasteiger partial charge in [-0.1, -0.05) is 24.3 Å². The average molecular weight is 443 g/mol. The van der Waals surface area contributed by atoms with Crippen LogP contribution in [0.4, 0.5) is 30.7 Å². The third-order valence-corrected chi connectivity index (χ3v) is 4.60. The second-order valence-corrected chi connectivity index (χ2v) is 6.65. The third-order valence-electron chi connectivity index (χ3n) is 3.91. The number of alkyl halides is 3. The molecular weight excluding hydrogens is 435 g/mol. The van der Waals surface area contributed by atoms with Gasteiger partial charge in [0.1, 0.15) is 17.0 Å². The first-order valence-electron chi connectivity index (χ1n) is 7.99. The predicted octanol–water partition coefficient (Wildman–Crippen LogP) is 7.05. The molecule has 3 rings (SSSR count). The Kier molecular flexibility index (Phi) is 5.94. The summed E-state index contributed by atoms with van der Waals surface area (Å²) in [6, 6.07) is 8.98. The lowest BCUT2D eigenvalue weighted by atomic mass is 10.00. The fourth-order valence-electron chi connectivity index (χ4n) is 2.66. The fourth-order valence-corrected chi connectivity index (χ4v) is 3.07. The molecule has 0 N–H and O–H groups in total. The molecule has 2 nitrogen and oxygen atoms in total. The molecule has 0 aromatic heterocycles. The van der Waals surface area contributed by atoms with Gasteiger partial charge in [0.2, 0.25) is 5.75 Å². The van der Waals surface area contributed by atoms with E-state index in [4.69, 9.17) is 5.26 Å². The van der Waals surface area contributed by atoms with Crippen LogP contribution in [-0.2, 0) is 0 Å². The van der Waals surface area contributed by atoms with Gasteiger partial charge in [0, 0.05) is 0 Å². The first-order valence-corrected chi connectivity index (χ1v) is 8.81. The van der Waals surface area contributed by atoms with Crippen LogP contribution in [0.2, 0.25) is 0 Å². The highest BCUT2D eigenvalue weighted by atomic mass is 32.2. The number of ether oxygens (including phenoxy) is 1. The van der Waals surface area contributed by atoms with E-state index in [1.54, 1.807) is 5.40 Å². The maximum absolute atomic E-state index is 14.0. The van der Waals surface area contributed by atoms with Crippen LogP contribution in [0.15, 0.2) is 53.4 Å². The predicted molar refractivity (Wildman–Crippen MR) is 95.3 cm³/mol. The lowest BCUT2D eigenvalue weighted by Gasteiger charge is -2.12. The van der Waals surface area contributed by atoms with Crippen molar-refractivity contribution in [3.05, 3.63) is 71.8 Å². The van der Waals surface area contributed by atoms with Crippen LogP contribution in [0.5, 0.6) is 5.75 Å². The van der Waals surface area contributed by atoms with E-state index in [2.05, 4.69) is 4.74 Å². The zero-order valence-electron chi connectivity index (χ0n) is 14.5. The number of thioether (sulfide) groups is 1. The summed E-state index contributed by atoms with van der Waals surface area (Å²) in [5, 5.41) is 10.1. The van der Waals surface area contributed by atoms with E-state index < -0.39 is 40.3 Å². The highest BCUT2D eigenvalue weighted by Crippen LogP contribution is 2.34. The van der Waals surface area contributed by atoms with Gasteiger partial charge in [-0.25, -0.2) is 17.6 Å². The molecule has 0 fully saturated rings. The molecule has 0 aliphatic rings. The molecular formula is C20H8F7NOS. The number of rotatable bonds is 4. The first-order chi connectivity index (χ1) is 14.1. The fraction of sp³-hybridized carbons (Fsp3) is 0.0500. The lowest BCUT2D eigenvalue weighted by molar-refractivity contribution is -0.276. The van der Waals surface area contributed by atoms with Crippen LogP contribution in [0.25, 0.3) is 22.3 Å². The molecule has 3 aromatic carbocycles. The van der Waals surface area contributed by atoms with Gasteiger partial charge >= 0.3 is 6.36 Å². The number of nitrogens with zero attached hydrogens (tertiary/aromatic N) is 1. The van der Waals surface area contributed by atoms with Crippen molar-refractivity contribution >= 4 is 11.8 Å². The molecule has 30 heavy (non-hydrogen) atoms. The van der Waals surface area contributed by atoms with Gasteiger partial charge in [-0.15, -0.1) is 13.2 Å². The van der Waals surface area contributed by atoms with Gasteiger partial charge in [0.05, 0.1) is 4.90 Å². The van der Waals surface area contributed by atoms with Gasteiger partial charge in [-0.2, -0.15) is 5.26 Å². The monoisotopic (exact) mass is 443 g/mol. The zero-order chi connectivity index (χ0) is 22.1. The van der Waals surface area contributed by atoms with Crippen molar-refractivity contribution in [1.29, 1.82) is 5.26 Å². The molecule has 0 saturated carbocycles. The molecule has 0 saturated heterocycles. The van der Waals surface area contributed by atoms with Crippen LogP contribution in [0.1, 0.15) is 0 Å². The van der Waals surface area contributed by atoms with Crippen LogP contribution < -0.4 is 4.74 Å². The quantitative estimate of drug-likeness (QED) is 0.246. The zero-order valence-corrected chi connectivity index (χ0v) is 15.3. The van der Waals surface area contributed by atoms with Crippen molar-refractivity contribution in [3.63, 3.8) is 0 Å². The summed E-state index contributed by atoms with van der Waals surface area (Å²) in [6.45, 7) is 0. The van der Waals surface area contributed by atoms with Crippen molar-refractivity contribution in [2.45, 2.75) is 11.3 Å². The van der Waals surface area contributed by atoms with Gasteiger partial charge in [-0.05, 0) is 58.3 Å². The molecule has 0 spiro atoms. The summed E-state index contributed by atoms with van der Waals surface area (Å²) in [5.74, 6) is -6.50. The number of halogens is 7. The van der Waals surface area contributed by atoms with Crippen molar-refractivity contribution in [2.24, 2.45) is 0 Å². The second-order valence-electron chi connectivity index (χ2n) is 5.86. The Labute approximate surface area is 169 Å². The Morgan fingerprint density at radius 1 is 0.700 bits per heavy atom. The molecule has 0 radical (unpaired) electrons. The van der Waals surface area contributed by atoms with Crippen molar-refractivity contribution in [2.75, 3.05) is 0 Å². The topological polar surface area (TPSA) is 33.0 Å². The highest BCUT2D eigenvalue weighted by molar-refractivity contribution is 8.03. The Morgan fingerprint density at radius 3 is 1.47 bits per heavy atom. The summed E-state index contributed by atoms with van der Waals surface area (Å²) in [6.07, 6.45) is -5.25. The summed E-state index contributed by atoms with van der Waals surface area (Å²) in [7, 11) is 0. The van der Waals surface area contributed by atoms with Gasteiger partial charge in [0.15, 0.2) is 11.6 Å². The molecule has 10 heteroatoms. The molecule has 0 unspecified atom stereocenters. The number of nitriles is 1. The van der Waals surface area contributed by atoms with Gasteiger partial charge in [-0.3, -0.25) is 0 Å². The summed E-state index contributed by atoms with van der Waals surface area (Å²) in [5.41, 5.74) is 0.699. The van der Waals surface area contributed by atoms with Gasteiger partial charge < -0.3 is 4.74 Å². The molecule has 0 amide bonds. The van der Waals surface area contributed by atoms with Crippen LogP contribution in [0.3, 0.4) is 0 Å². The summed E-state index contributed by atoms with van der Waals surface area (Å²) in [4.78, 5) is -0.440. The number of hydrogen-bond acceptors (Lipinski definition) is 3. The third kappa shape index (κ3) is 4.68. The summed E-state index contributed by atoms with van der Waals surface area (Å²) < 4.78 is 95.8. The number of hydrogen-bond donors (Lipinski definition) is 0. The molecule has 3 aromatic rings. The second kappa shape index (κ2) is 8.28. The van der Waals surface area contributed by atoms with E-state index in [0.717, 1.165) is 12.1 Å². The van der Waals surface area contributed by atoms with Crippen molar-refractivity contribution < 1.29 is 35.5 Å². The molecule has 154 valence electrons. The largest absolute Gasteiger partial charge is 0.573 e. The molecule has 0 aliphatic heterocycles. The van der Waals surface area contributed by atoms with E-state index in [0.29, 0.717) is 29.5 Å². The lowest BCUT2D eigenvalue weighted by Crippen LogP contribution is -2.19. The molecule has 0 atom stereocenters. The summed E-state index contributed by atoms with van der Waals surface area (Å²) >= 11 is 0.343. The molecule has 0 aliphatic carbocycles. The molecule has 0 heterocycles. The van der Waals surface area contributed by atoms with E-state index in [-0.39, 0.29) is 16.7 Å². The van der Waals surface area contributed by atoms with Crippen LogP contribution in [0, 0.1) is 33.9 Å². The Morgan fingerprint density at radius 2 is 1.10 bits per heavy atom. The minimum atomic E-state index is -5.25. The Balaban J connectivity index is 1.92. The van der Waals surface area contributed by atoms with E-state index in [9.17, 15) is 30.7 Å². The maximum atomic E-state index is 14.0. The average Bonchev–Trinajstić information content (AvgIpc) is 2.66. The minimum Gasteiger partial charge on any atom is -0.399 e. The van der Waals surface area contributed by atoms with Crippen molar-refractivity contribution in [1.82, 2.24) is 0 Å². The van der Waals surface area contributed by atoms with E-state index in [1.165, 1.54) is 24.3 Å². The van der Waals surface area contributed by atoms with Crippen LogP contribution in [-0.4, -0.2) is 6.36 Å². The normalized spacial score (nSPS) is 11.3. The Bertz CT molecular complexity index is 1090. The smallest absolute Gasteiger partial charge is 0.399 e. The standard InChI is InChI=1S/C20H8F7NOS/c21-14-5-12(6-15(22)18(14)29-20(25,26)27)10-1-3-11(4-2-10)13-7-16(23)19(30-9-28)17(24)8-13/h1-8H. The number of benzene rings is 3. The minimum absolute atomic E-state index is 0.0656. The first kappa shape index (κ1) is 21.5. The van der Waals surface area contributed by atoms with Crippen molar-refractivity contribution in [3.8, 4) is 33.4 Å². The highest BCUT2D eigenvalue weighted by Gasteiger charge is 2.34. The van der Waals surface area contributed by atoms with Gasteiger partial charge in [0.25, 0.3) is 0 Å². The van der Waals surface area contributed by atoms with E-state index in [1.807, 2.05) is 0 Å². The van der Waals surface area contributed by atoms with E-state index >= 15 is 0 Å².